The molecule has 0 bridgehead atoms. The number of rotatable bonds is 40. The van der Waals surface area contributed by atoms with Gasteiger partial charge in [-0.3, -0.25) is 91.5 Å². The van der Waals surface area contributed by atoms with Crippen LogP contribution in [0, 0.1) is 11.3 Å². The van der Waals surface area contributed by atoms with Crippen molar-refractivity contribution in [2.45, 2.75) is 57.3 Å². The molecule has 77 heavy (non-hydrogen) atoms. The summed E-state index contributed by atoms with van der Waals surface area (Å²) in [7, 11) is 0. The molecule has 4 unspecified atom stereocenters. The fourth-order valence-electron chi connectivity index (χ4n) is 7.19. The van der Waals surface area contributed by atoms with Crippen LogP contribution in [-0.2, 0) is 86.1 Å². The molecule has 0 spiro atoms. The molecule has 6 amide bonds. The molecule has 13 N–H and O–H groups in total. The van der Waals surface area contributed by atoms with Crippen molar-refractivity contribution in [3.63, 3.8) is 0 Å². The SMILES string of the molecule is CC(C)(C)C1CC(=O)N(CCC(=O)NC(COCC(=O)NCC(C(=O)O)N(CC(=O)O)CC(=O)O)(COCC(=O)NCC(C(=O)O)N(CC(=O)O)CC(=O)O)COCC(=O)NCC(C(=O)O)N(CC(=O)O)CC(=O)O)C1=O. The molecule has 0 saturated carbocycles. The van der Waals surface area contributed by atoms with Crippen LogP contribution in [0.1, 0.15) is 33.6 Å². The molecule has 35 nitrogen and oxygen atoms in total. The Hall–Kier alpha value is -7.99. The molecule has 432 valence electrons. The number of carboxylic acid groups (broad SMARTS) is 9. The fraction of sp³-hybridized carbons (Fsp3) is 0.643. The first kappa shape index (κ1) is 67.0. The summed E-state index contributed by atoms with van der Waals surface area (Å²) >= 11 is 0. The molecule has 0 aromatic heterocycles. The lowest BCUT2D eigenvalue weighted by atomic mass is 9.80. The molecular weight excluding hydrogens is 1050 g/mol. The van der Waals surface area contributed by atoms with Gasteiger partial charge in [-0.25, -0.2) is 0 Å². The quantitative estimate of drug-likeness (QED) is 0.0254. The van der Waals surface area contributed by atoms with Crippen molar-refractivity contribution in [2.75, 3.05) is 105 Å². The summed E-state index contributed by atoms with van der Waals surface area (Å²) in [5.41, 5.74) is -2.88. The Morgan fingerprint density at radius 3 is 1.03 bits per heavy atom. The van der Waals surface area contributed by atoms with Crippen molar-refractivity contribution >= 4 is 89.2 Å². The van der Waals surface area contributed by atoms with Crippen LogP contribution >= 0.6 is 0 Å². The van der Waals surface area contributed by atoms with Crippen LogP contribution in [-0.4, -0.2) is 283 Å². The number of carbonyl (C=O) groups excluding carboxylic acids is 6. The lowest BCUT2D eigenvalue weighted by Crippen LogP contribution is -2.60. The normalized spacial score (nSPS) is 15.5. The van der Waals surface area contributed by atoms with Gasteiger partial charge in [0.2, 0.25) is 35.4 Å². The van der Waals surface area contributed by atoms with Crippen LogP contribution in [0.15, 0.2) is 0 Å². The van der Waals surface area contributed by atoms with Gasteiger partial charge >= 0.3 is 53.7 Å². The van der Waals surface area contributed by atoms with E-state index >= 15 is 0 Å². The molecule has 0 aliphatic carbocycles. The summed E-state index contributed by atoms with van der Waals surface area (Å²) in [5.74, 6) is -21.4. The average molecular weight is 1110 g/mol. The maximum absolute atomic E-state index is 13.8. The lowest BCUT2D eigenvalue weighted by molar-refractivity contribution is -0.152. The number of hydrogen-bond donors (Lipinski definition) is 13. The minimum atomic E-state index is -2.21. The topological polar surface area (TPSA) is 527 Å². The number of carboxylic acids is 9. The largest absolute Gasteiger partial charge is 0.480 e. The summed E-state index contributed by atoms with van der Waals surface area (Å²) in [6.07, 6.45) is -0.842. The van der Waals surface area contributed by atoms with Gasteiger partial charge < -0.3 is 81.4 Å². The second-order valence-corrected chi connectivity index (χ2v) is 18.1. The maximum atomic E-state index is 13.8. The zero-order valence-corrected chi connectivity index (χ0v) is 41.7. The summed E-state index contributed by atoms with van der Waals surface area (Å²) in [5, 5.41) is 93.1. The summed E-state index contributed by atoms with van der Waals surface area (Å²) in [6, 6.07) is -5.78. The van der Waals surface area contributed by atoms with E-state index in [0.717, 1.165) is 4.90 Å². The summed E-state index contributed by atoms with van der Waals surface area (Å²) in [6.45, 7) is -10.7. The summed E-state index contributed by atoms with van der Waals surface area (Å²) in [4.78, 5) is 185. The highest BCUT2D eigenvalue weighted by atomic mass is 16.5. The highest BCUT2D eigenvalue weighted by Crippen LogP contribution is 2.35. The number of imide groups is 1. The van der Waals surface area contributed by atoms with E-state index in [1.807, 2.05) is 0 Å². The first-order valence-electron chi connectivity index (χ1n) is 22.6. The predicted octanol–water partition coefficient (Wildman–Crippen LogP) is -7.18. The number of hydrogen-bond acceptors (Lipinski definition) is 21. The highest BCUT2D eigenvalue weighted by Gasteiger charge is 2.45. The van der Waals surface area contributed by atoms with Gasteiger partial charge in [0, 0.05) is 39.0 Å². The van der Waals surface area contributed by atoms with E-state index in [1.165, 1.54) is 0 Å². The Labute approximate surface area is 435 Å². The minimum Gasteiger partial charge on any atom is -0.480 e. The van der Waals surface area contributed by atoms with Crippen LogP contribution in [0.25, 0.3) is 0 Å². The predicted molar refractivity (Wildman–Crippen MR) is 246 cm³/mol. The molecule has 35 heteroatoms. The van der Waals surface area contributed by atoms with Gasteiger partial charge in [0.15, 0.2) is 0 Å². The third-order valence-electron chi connectivity index (χ3n) is 10.8. The van der Waals surface area contributed by atoms with Gasteiger partial charge in [0.05, 0.1) is 65.0 Å². The van der Waals surface area contributed by atoms with Crippen molar-refractivity contribution < 1.29 is 132 Å². The first-order valence-corrected chi connectivity index (χ1v) is 22.6. The third-order valence-corrected chi connectivity index (χ3v) is 10.8. The van der Waals surface area contributed by atoms with Gasteiger partial charge in [0.25, 0.3) is 0 Å². The molecule has 1 heterocycles. The Balaban J connectivity index is 3.63. The van der Waals surface area contributed by atoms with Crippen molar-refractivity contribution in [1.82, 2.24) is 40.9 Å². The second kappa shape index (κ2) is 31.8. The van der Waals surface area contributed by atoms with E-state index in [0.29, 0.717) is 14.7 Å². The summed E-state index contributed by atoms with van der Waals surface area (Å²) < 4.78 is 16.6. The molecule has 0 aromatic carbocycles. The Kier molecular flexibility index (Phi) is 27.7. The molecular formula is C42H62N8O27. The number of amides is 6. The van der Waals surface area contributed by atoms with Crippen LogP contribution in [0.5, 0.6) is 0 Å². The standard InChI is InChI=1S/C42H62N8O27/c1-41(2,3)22-6-30(55)50(37(22)68)5-4-26(51)46-42(19-75-16-27(52)43-7-23(38(69)70)47(10-31(56)57)11-32(58)59,20-76-17-28(53)44-8-24(39(71)72)48(12-33(60)61)13-34(62)63)21-77-18-29(54)45-9-25(40(73)74)49(14-35(64)65)15-36(66)67/h22-25H,4-21H2,1-3H3,(H,43,52)(H,44,53)(H,45,54)(H,46,51)(H,56,57)(H,58,59)(H,60,61)(H,62,63)(H,64,65)(H,66,67)(H,69,70)(H,71,72)(H,73,74). The number of nitrogens with zero attached hydrogens (tertiary/aromatic N) is 4. The molecule has 0 radical (unpaired) electrons. The monoisotopic (exact) mass is 1110 g/mol. The molecule has 0 aromatic rings. The smallest absolute Gasteiger partial charge is 0.322 e. The molecule has 1 saturated heterocycles. The van der Waals surface area contributed by atoms with Gasteiger partial charge in [-0.05, 0) is 5.41 Å². The van der Waals surface area contributed by atoms with Crippen molar-refractivity contribution in [3.05, 3.63) is 0 Å². The van der Waals surface area contributed by atoms with Gasteiger partial charge in [0.1, 0.15) is 43.5 Å². The molecule has 1 rings (SSSR count). The lowest BCUT2D eigenvalue weighted by Gasteiger charge is -2.34. The average Bonchev–Trinajstić information content (AvgIpc) is 3.56. The zero-order chi connectivity index (χ0) is 59.0. The van der Waals surface area contributed by atoms with E-state index in [-0.39, 0.29) is 6.42 Å². The van der Waals surface area contributed by atoms with E-state index in [1.54, 1.807) is 20.8 Å². The third kappa shape index (κ3) is 25.4. The Bertz CT molecular complexity index is 1990. The Morgan fingerprint density at radius 2 is 0.792 bits per heavy atom. The van der Waals surface area contributed by atoms with Crippen LogP contribution in [0.4, 0.5) is 0 Å². The van der Waals surface area contributed by atoms with Crippen LogP contribution in [0.2, 0.25) is 0 Å². The minimum absolute atomic E-state index is 0.186. The van der Waals surface area contributed by atoms with Crippen molar-refractivity contribution in [2.24, 2.45) is 11.3 Å². The highest BCUT2D eigenvalue weighted by molar-refractivity contribution is 6.04. The number of nitrogens with one attached hydrogen (secondary N) is 4. The molecule has 4 atom stereocenters. The van der Waals surface area contributed by atoms with Crippen LogP contribution in [0.3, 0.4) is 0 Å². The maximum Gasteiger partial charge on any atom is 0.322 e. The molecule has 1 fully saturated rings. The van der Waals surface area contributed by atoms with Crippen LogP contribution < -0.4 is 21.3 Å². The zero-order valence-electron chi connectivity index (χ0n) is 41.7. The van der Waals surface area contributed by atoms with Gasteiger partial charge in [-0.15, -0.1) is 0 Å². The van der Waals surface area contributed by atoms with Crippen molar-refractivity contribution in [3.8, 4) is 0 Å². The number of likely N-dealkylation sites (tertiary alicyclic amines) is 1. The number of carbonyl (C=O) groups is 15. The van der Waals surface area contributed by atoms with E-state index in [4.69, 9.17) is 14.2 Å². The first-order chi connectivity index (χ1) is 35.7. The number of aliphatic carboxylic acids is 9. The second-order valence-electron chi connectivity index (χ2n) is 18.1. The fourth-order valence-corrected chi connectivity index (χ4v) is 7.19. The number of ether oxygens (including phenoxy) is 3. The van der Waals surface area contributed by atoms with Crippen molar-refractivity contribution in [1.29, 1.82) is 0 Å². The molecule has 1 aliphatic rings. The van der Waals surface area contributed by atoms with Gasteiger partial charge in [-0.1, -0.05) is 20.8 Å². The van der Waals surface area contributed by atoms with E-state index in [2.05, 4.69) is 21.3 Å². The Morgan fingerprint density at radius 1 is 0.506 bits per heavy atom. The van der Waals surface area contributed by atoms with Gasteiger partial charge in [-0.2, -0.15) is 0 Å². The van der Waals surface area contributed by atoms with E-state index in [9.17, 15) is 118 Å². The molecule has 1 aliphatic heterocycles. The van der Waals surface area contributed by atoms with E-state index < -0.39 is 236 Å².